The lowest BCUT2D eigenvalue weighted by molar-refractivity contribution is -0.130. The number of hydrogen-bond donors (Lipinski definition) is 0. The highest BCUT2D eigenvalue weighted by Gasteiger charge is 2.34. The van der Waals surface area contributed by atoms with Gasteiger partial charge in [-0.1, -0.05) is 23.8 Å². The Kier molecular flexibility index (Phi) is 5.19. The van der Waals surface area contributed by atoms with E-state index in [4.69, 9.17) is 4.99 Å². The van der Waals surface area contributed by atoms with Crippen LogP contribution < -0.4 is 4.90 Å². The second-order valence-electron chi connectivity index (χ2n) is 8.49. The summed E-state index contributed by atoms with van der Waals surface area (Å²) in [6, 6.07) is 8.35. The van der Waals surface area contributed by atoms with E-state index in [0.29, 0.717) is 0 Å². The zero-order chi connectivity index (χ0) is 20.7. The molecule has 6 heteroatoms. The van der Waals surface area contributed by atoms with E-state index in [9.17, 15) is 9.59 Å². The molecule has 0 unspecified atom stereocenters. The highest BCUT2D eigenvalue weighted by Crippen LogP contribution is 2.42. The topological polar surface area (TPSA) is 53.0 Å². The molecule has 0 bridgehead atoms. The minimum atomic E-state index is -0.0787. The van der Waals surface area contributed by atoms with Crippen LogP contribution in [0.4, 0.5) is 5.00 Å². The summed E-state index contributed by atoms with van der Waals surface area (Å²) in [5, 5.41) is 0.928. The third-order valence-corrected chi connectivity index (χ3v) is 7.67. The molecule has 3 aliphatic rings. The Labute approximate surface area is 181 Å². The van der Waals surface area contributed by atoms with E-state index in [1.54, 1.807) is 16.2 Å². The molecule has 0 atom stereocenters. The van der Waals surface area contributed by atoms with Gasteiger partial charge in [-0.3, -0.25) is 19.5 Å². The number of benzene rings is 1. The first-order chi connectivity index (χ1) is 14.6. The summed E-state index contributed by atoms with van der Waals surface area (Å²) in [4.78, 5) is 35.8. The van der Waals surface area contributed by atoms with Gasteiger partial charge in [0.05, 0.1) is 5.71 Å². The van der Waals surface area contributed by atoms with E-state index in [1.807, 2.05) is 11.0 Å². The number of anilines is 1. The molecule has 1 fully saturated rings. The van der Waals surface area contributed by atoms with Crippen LogP contribution in [0.3, 0.4) is 0 Å². The van der Waals surface area contributed by atoms with Crippen molar-refractivity contribution < 1.29 is 9.59 Å². The quantitative estimate of drug-likeness (QED) is 0.758. The summed E-state index contributed by atoms with van der Waals surface area (Å²) < 4.78 is 0. The van der Waals surface area contributed by atoms with Crippen LogP contribution in [0.5, 0.6) is 0 Å². The number of likely N-dealkylation sites (tertiary alicyclic amines) is 1. The molecular formula is C24H27N3O2S. The summed E-state index contributed by atoms with van der Waals surface area (Å²) in [5.74, 6) is -0.0257. The van der Waals surface area contributed by atoms with Gasteiger partial charge < -0.3 is 4.90 Å². The molecule has 0 N–H and O–H groups in total. The Morgan fingerprint density at radius 3 is 2.73 bits per heavy atom. The summed E-state index contributed by atoms with van der Waals surface area (Å²) in [6.45, 7) is 3.91. The fraction of sp³-hybridized carbons (Fsp3) is 0.458. The van der Waals surface area contributed by atoms with E-state index in [1.165, 1.54) is 22.4 Å². The Bertz CT molecular complexity index is 1030. The molecule has 3 heterocycles. The lowest BCUT2D eigenvalue weighted by Gasteiger charge is -2.23. The number of hydrogen-bond acceptors (Lipinski definition) is 4. The maximum absolute atomic E-state index is 13.1. The summed E-state index contributed by atoms with van der Waals surface area (Å²) in [7, 11) is 0. The number of aliphatic imine (C=N–C) groups is 1. The van der Waals surface area contributed by atoms with E-state index in [2.05, 4.69) is 25.1 Å². The number of rotatable bonds is 3. The molecule has 5 nitrogen and oxygen atoms in total. The highest BCUT2D eigenvalue weighted by atomic mass is 32.1. The number of thiophene rings is 1. The van der Waals surface area contributed by atoms with Gasteiger partial charge in [0.2, 0.25) is 11.8 Å². The summed E-state index contributed by atoms with van der Waals surface area (Å²) >= 11 is 1.70. The molecule has 2 amide bonds. The molecule has 1 aromatic heterocycles. The molecular weight excluding hydrogens is 394 g/mol. The van der Waals surface area contributed by atoms with Crippen LogP contribution in [-0.2, 0) is 22.4 Å². The van der Waals surface area contributed by atoms with Crippen molar-refractivity contribution in [2.24, 2.45) is 4.99 Å². The molecule has 5 rings (SSSR count). The third-order valence-electron chi connectivity index (χ3n) is 6.35. The largest absolute Gasteiger partial charge is 0.341 e. The Morgan fingerprint density at radius 2 is 1.93 bits per heavy atom. The SMILES string of the molecule is Cc1cccc(C2=NCC(=O)N(CC(=O)N3CCCC3)c3sc4c(c32)CCCC4)c1. The van der Waals surface area contributed by atoms with Gasteiger partial charge in [0.25, 0.3) is 0 Å². The molecule has 2 aliphatic heterocycles. The van der Waals surface area contributed by atoms with Gasteiger partial charge >= 0.3 is 0 Å². The number of aryl methyl sites for hydroxylation is 2. The molecule has 1 aliphatic carbocycles. The molecule has 156 valence electrons. The van der Waals surface area contributed by atoms with Crippen molar-refractivity contribution in [1.82, 2.24) is 4.90 Å². The van der Waals surface area contributed by atoms with Crippen LogP contribution in [-0.4, -0.2) is 48.6 Å². The number of carbonyl (C=O) groups excluding carboxylic acids is 2. The maximum Gasteiger partial charge on any atom is 0.249 e. The van der Waals surface area contributed by atoms with Gasteiger partial charge in [0, 0.05) is 29.1 Å². The van der Waals surface area contributed by atoms with Crippen molar-refractivity contribution in [2.75, 3.05) is 31.1 Å². The first-order valence-corrected chi connectivity index (χ1v) is 11.8. The lowest BCUT2D eigenvalue weighted by Crippen LogP contribution is -2.42. The van der Waals surface area contributed by atoms with Crippen molar-refractivity contribution in [3.63, 3.8) is 0 Å². The second-order valence-corrected chi connectivity index (χ2v) is 9.58. The van der Waals surface area contributed by atoms with E-state index in [0.717, 1.165) is 67.0 Å². The van der Waals surface area contributed by atoms with Crippen LogP contribution in [0.1, 0.15) is 52.8 Å². The Hall–Kier alpha value is -2.47. The van der Waals surface area contributed by atoms with E-state index < -0.39 is 0 Å². The van der Waals surface area contributed by atoms with Crippen molar-refractivity contribution in [2.45, 2.75) is 45.4 Å². The van der Waals surface area contributed by atoms with Crippen molar-refractivity contribution >= 4 is 33.9 Å². The highest BCUT2D eigenvalue weighted by molar-refractivity contribution is 7.17. The zero-order valence-corrected chi connectivity index (χ0v) is 18.3. The van der Waals surface area contributed by atoms with Crippen LogP contribution >= 0.6 is 11.3 Å². The lowest BCUT2D eigenvalue weighted by atomic mass is 9.91. The smallest absolute Gasteiger partial charge is 0.249 e. The predicted octanol–water partition coefficient (Wildman–Crippen LogP) is 3.74. The van der Waals surface area contributed by atoms with Crippen molar-refractivity contribution in [3.05, 3.63) is 51.4 Å². The standard InChI is InChI=1S/C24H27N3O2S/c1-16-7-6-8-17(13-16)23-22-18-9-2-3-10-19(18)30-24(22)27(20(28)14-25-23)15-21(29)26-11-4-5-12-26/h6-8,13H,2-5,9-12,14-15H2,1H3. The molecule has 1 saturated heterocycles. The first kappa shape index (κ1) is 19.5. The Morgan fingerprint density at radius 1 is 1.13 bits per heavy atom. The zero-order valence-electron chi connectivity index (χ0n) is 17.4. The molecule has 2 aromatic rings. The fourth-order valence-corrected chi connectivity index (χ4v) is 6.21. The van der Waals surface area contributed by atoms with Crippen molar-refractivity contribution in [3.8, 4) is 0 Å². The van der Waals surface area contributed by atoms with Gasteiger partial charge in [-0.15, -0.1) is 11.3 Å². The number of amides is 2. The Balaban J connectivity index is 1.60. The molecule has 0 spiro atoms. The van der Waals surface area contributed by atoms with Crippen LogP contribution in [0.2, 0.25) is 0 Å². The minimum absolute atomic E-state index is 0.0529. The van der Waals surface area contributed by atoms with Crippen LogP contribution in [0.25, 0.3) is 0 Å². The molecule has 0 saturated carbocycles. The minimum Gasteiger partial charge on any atom is -0.341 e. The van der Waals surface area contributed by atoms with Crippen LogP contribution in [0.15, 0.2) is 29.3 Å². The first-order valence-electron chi connectivity index (χ1n) is 11.0. The van der Waals surface area contributed by atoms with Gasteiger partial charge in [-0.2, -0.15) is 0 Å². The van der Waals surface area contributed by atoms with Gasteiger partial charge in [-0.25, -0.2) is 0 Å². The van der Waals surface area contributed by atoms with Gasteiger partial charge in [0.15, 0.2) is 0 Å². The molecule has 0 radical (unpaired) electrons. The average Bonchev–Trinajstić information content (AvgIpc) is 3.38. The number of nitrogens with zero attached hydrogens (tertiary/aromatic N) is 3. The van der Waals surface area contributed by atoms with Crippen LogP contribution in [0, 0.1) is 6.92 Å². The summed E-state index contributed by atoms with van der Waals surface area (Å²) in [5.41, 5.74) is 5.59. The molecule has 1 aromatic carbocycles. The van der Waals surface area contributed by atoms with Gasteiger partial charge in [0.1, 0.15) is 18.1 Å². The van der Waals surface area contributed by atoms with E-state index >= 15 is 0 Å². The molecule has 30 heavy (non-hydrogen) atoms. The monoisotopic (exact) mass is 421 g/mol. The average molecular weight is 422 g/mol. The second kappa shape index (κ2) is 7.99. The fourth-order valence-electron chi connectivity index (χ4n) is 4.80. The number of carbonyl (C=O) groups is 2. The maximum atomic E-state index is 13.1. The third kappa shape index (κ3) is 3.47. The van der Waals surface area contributed by atoms with Gasteiger partial charge in [-0.05, 0) is 57.1 Å². The normalized spacial score (nSPS) is 18.7. The summed E-state index contributed by atoms with van der Waals surface area (Å²) in [6.07, 6.45) is 6.53. The van der Waals surface area contributed by atoms with E-state index in [-0.39, 0.29) is 24.9 Å². The van der Waals surface area contributed by atoms with Crippen molar-refractivity contribution in [1.29, 1.82) is 0 Å². The predicted molar refractivity (Wildman–Crippen MR) is 121 cm³/mol. The number of fused-ring (bicyclic) bond motifs is 3.